The van der Waals surface area contributed by atoms with Gasteiger partial charge in [-0.05, 0) is 43.2 Å². The Balaban J connectivity index is 1.55. The summed E-state index contributed by atoms with van der Waals surface area (Å²) in [5.41, 5.74) is 4.01. The lowest BCUT2D eigenvalue weighted by Crippen LogP contribution is -2.23. The van der Waals surface area contributed by atoms with E-state index in [0.29, 0.717) is 21.5 Å². The first-order valence-corrected chi connectivity index (χ1v) is 10.4. The SMILES string of the molecule is Cc1ccc(-c2csc3ncn(CCC(=O)Nc4ccc(F)cc4C)c(=O)c23)cc1. The zero-order chi connectivity index (χ0) is 21.3. The molecule has 4 rings (SSSR count). The fourth-order valence-corrected chi connectivity index (χ4v) is 4.18. The minimum Gasteiger partial charge on any atom is -0.326 e. The molecule has 0 saturated heterocycles. The van der Waals surface area contributed by atoms with Crippen molar-refractivity contribution in [2.75, 3.05) is 5.32 Å². The Morgan fingerprint density at radius 3 is 2.67 bits per heavy atom. The third kappa shape index (κ3) is 4.02. The van der Waals surface area contributed by atoms with Crippen LogP contribution in [0.5, 0.6) is 0 Å². The number of rotatable bonds is 5. The van der Waals surface area contributed by atoms with E-state index in [4.69, 9.17) is 0 Å². The fourth-order valence-electron chi connectivity index (χ4n) is 3.27. The van der Waals surface area contributed by atoms with E-state index in [2.05, 4.69) is 10.3 Å². The van der Waals surface area contributed by atoms with Gasteiger partial charge in [-0.1, -0.05) is 29.8 Å². The van der Waals surface area contributed by atoms with Crippen LogP contribution in [0.1, 0.15) is 17.5 Å². The fraction of sp³-hybridized carbons (Fsp3) is 0.174. The maximum Gasteiger partial charge on any atom is 0.262 e. The van der Waals surface area contributed by atoms with Crippen LogP contribution >= 0.6 is 11.3 Å². The zero-order valence-corrected chi connectivity index (χ0v) is 17.4. The number of aromatic nitrogens is 2. The first kappa shape index (κ1) is 20.0. The molecule has 0 radical (unpaired) electrons. The van der Waals surface area contributed by atoms with Crippen molar-refractivity contribution in [1.29, 1.82) is 0 Å². The van der Waals surface area contributed by atoms with Gasteiger partial charge in [0.15, 0.2) is 0 Å². The first-order chi connectivity index (χ1) is 14.4. The van der Waals surface area contributed by atoms with Gasteiger partial charge in [-0.15, -0.1) is 11.3 Å². The Morgan fingerprint density at radius 2 is 1.93 bits per heavy atom. The summed E-state index contributed by atoms with van der Waals surface area (Å²) in [6.07, 6.45) is 1.59. The molecule has 0 saturated carbocycles. The predicted octanol–water partition coefficient (Wildman–Crippen LogP) is 4.91. The zero-order valence-electron chi connectivity index (χ0n) is 16.6. The number of aryl methyl sites for hydroxylation is 3. The minimum atomic E-state index is -0.350. The summed E-state index contributed by atoms with van der Waals surface area (Å²) in [6.45, 7) is 3.95. The minimum absolute atomic E-state index is 0.105. The van der Waals surface area contributed by atoms with E-state index in [-0.39, 0.29) is 30.2 Å². The van der Waals surface area contributed by atoms with E-state index >= 15 is 0 Å². The van der Waals surface area contributed by atoms with E-state index in [1.54, 1.807) is 6.92 Å². The second kappa shape index (κ2) is 8.20. The van der Waals surface area contributed by atoms with E-state index in [9.17, 15) is 14.0 Å². The van der Waals surface area contributed by atoms with Crippen LogP contribution in [0.2, 0.25) is 0 Å². The van der Waals surface area contributed by atoms with Gasteiger partial charge in [-0.2, -0.15) is 0 Å². The number of fused-ring (bicyclic) bond motifs is 1. The van der Waals surface area contributed by atoms with E-state index in [1.807, 2.05) is 36.6 Å². The Kier molecular flexibility index (Phi) is 5.46. The number of hydrogen-bond acceptors (Lipinski definition) is 4. The molecule has 0 unspecified atom stereocenters. The van der Waals surface area contributed by atoms with Gasteiger partial charge in [0.05, 0.1) is 11.7 Å². The standard InChI is InChI=1S/C23H20FN3O2S/c1-14-3-5-16(6-4-14)18-12-30-22-21(18)23(29)27(13-25-22)10-9-20(28)26-19-8-7-17(24)11-15(19)2/h3-8,11-13H,9-10H2,1-2H3,(H,26,28). The van der Waals surface area contributed by atoms with Gasteiger partial charge in [0.25, 0.3) is 5.56 Å². The summed E-state index contributed by atoms with van der Waals surface area (Å²) in [6, 6.07) is 12.2. The highest BCUT2D eigenvalue weighted by molar-refractivity contribution is 7.17. The molecule has 1 N–H and O–H groups in total. The number of carbonyl (C=O) groups excluding carboxylic acids is 1. The topological polar surface area (TPSA) is 64.0 Å². The average Bonchev–Trinajstić information content (AvgIpc) is 3.15. The largest absolute Gasteiger partial charge is 0.326 e. The lowest BCUT2D eigenvalue weighted by atomic mass is 10.1. The summed E-state index contributed by atoms with van der Waals surface area (Å²) in [5, 5.41) is 5.28. The monoisotopic (exact) mass is 421 g/mol. The summed E-state index contributed by atoms with van der Waals surface area (Å²) in [7, 11) is 0. The predicted molar refractivity (Wildman–Crippen MR) is 118 cm³/mol. The maximum atomic E-state index is 13.2. The third-order valence-corrected chi connectivity index (χ3v) is 5.85. The van der Waals surface area contributed by atoms with Gasteiger partial charge in [0.2, 0.25) is 5.91 Å². The highest BCUT2D eigenvalue weighted by Gasteiger charge is 2.14. The van der Waals surface area contributed by atoms with Crippen LogP contribution in [-0.4, -0.2) is 15.5 Å². The van der Waals surface area contributed by atoms with Crippen molar-refractivity contribution in [3.8, 4) is 11.1 Å². The molecule has 7 heteroatoms. The molecule has 0 atom stereocenters. The molecule has 2 aromatic heterocycles. The molecule has 5 nitrogen and oxygen atoms in total. The van der Waals surface area contributed by atoms with Gasteiger partial charge in [0, 0.05) is 29.6 Å². The lowest BCUT2D eigenvalue weighted by Gasteiger charge is -2.09. The van der Waals surface area contributed by atoms with Crippen LogP contribution in [0, 0.1) is 19.7 Å². The molecule has 30 heavy (non-hydrogen) atoms. The Labute approximate surface area is 176 Å². The van der Waals surface area contributed by atoms with Gasteiger partial charge in [-0.25, -0.2) is 9.37 Å². The van der Waals surface area contributed by atoms with Crippen LogP contribution in [0.15, 0.2) is 59.0 Å². The normalized spacial score (nSPS) is 11.0. The number of halogens is 1. The molecule has 1 amide bonds. The van der Waals surface area contributed by atoms with Crippen molar-refractivity contribution in [2.45, 2.75) is 26.8 Å². The number of anilines is 1. The molecule has 0 aliphatic carbocycles. The smallest absolute Gasteiger partial charge is 0.262 e. The molecule has 2 aromatic carbocycles. The molecule has 0 aliphatic heterocycles. The summed E-state index contributed by atoms with van der Waals surface area (Å²) >= 11 is 1.43. The highest BCUT2D eigenvalue weighted by Crippen LogP contribution is 2.30. The second-order valence-corrected chi connectivity index (χ2v) is 8.05. The highest BCUT2D eigenvalue weighted by atomic mass is 32.1. The average molecular weight is 421 g/mol. The first-order valence-electron chi connectivity index (χ1n) is 9.52. The van der Waals surface area contributed by atoms with Crippen LogP contribution < -0.4 is 10.9 Å². The van der Waals surface area contributed by atoms with Crippen molar-refractivity contribution in [3.63, 3.8) is 0 Å². The number of amides is 1. The Bertz CT molecular complexity index is 1290. The third-order valence-electron chi connectivity index (χ3n) is 4.97. The molecule has 0 bridgehead atoms. The molecular formula is C23H20FN3O2S. The summed E-state index contributed by atoms with van der Waals surface area (Å²) in [5.74, 6) is -0.600. The molecule has 0 fully saturated rings. The van der Waals surface area contributed by atoms with Crippen LogP contribution in [-0.2, 0) is 11.3 Å². The van der Waals surface area contributed by atoms with Gasteiger partial charge in [0.1, 0.15) is 10.6 Å². The number of carbonyl (C=O) groups is 1. The number of nitrogens with zero attached hydrogens (tertiary/aromatic N) is 2. The summed E-state index contributed by atoms with van der Waals surface area (Å²) < 4.78 is 14.7. The summed E-state index contributed by atoms with van der Waals surface area (Å²) in [4.78, 5) is 30.5. The Hall–Kier alpha value is -3.32. The van der Waals surface area contributed by atoms with E-state index < -0.39 is 0 Å². The number of nitrogens with one attached hydrogen (secondary N) is 1. The molecular weight excluding hydrogens is 401 g/mol. The lowest BCUT2D eigenvalue weighted by molar-refractivity contribution is -0.116. The molecule has 4 aromatic rings. The van der Waals surface area contributed by atoms with Gasteiger partial charge in [-0.3, -0.25) is 14.2 Å². The van der Waals surface area contributed by atoms with Crippen molar-refractivity contribution in [3.05, 3.63) is 81.5 Å². The molecule has 0 aliphatic rings. The number of benzene rings is 2. The Morgan fingerprint density at radius 1 is 1.17 bits per heavy atom. The maximum absolute atomic E-state index is 13.2. The second-order valence-electron chi connectivity index (χ2n) is 7.20. The number of thiophene rings is 1. The van der Waals surface area contributed by atoms with Crippen LogP contribution in [0.25, 0.3) is 21.3 Å². The van der Waals surface area contributed by atoms with Crippen molar-refractivity contribution >= 4 is 33.1 Å². The van der Waals surface area contributed by atoms with Gasteiger partial charge >= 0.3 is 0 Å². The van der Waals surface area contributed by atoms with Gasteiger partial charge < -0.3 is 5.32 Å². The van der Waals surface area contributed by atoms with E-state index in [1.165, 1.54) is 40.4 Å². The van der Waals surface area contributed by atoms with Crippen LogP contribution in [0.3, 0.4) is 0 Å². The van der Waals surface area contributed by atoms with Crippen LogP contribution in [0.4, 0.5) is 10.1 Å². The molecule has 2 heterocycles. The number of hydrogen-bond donors (Lipinski definition) is 1. The van der Waals surface area contributed by atoms with Crippen molar-refractivity contribution < 1.29 is 9.18 Å². The molecule has 152 valence electrons. The quantitative estimate of drug-likeness (QED) is 0.498. The molecule has 0 spiro atoms. The van der Waals surface area contributed by atoms with Crippen molar-refractivity contribution in [1.82, 2.24) is 9.55 Å². The van der Waals surface area contributed by atoms with E-state index in [0.717, 1.165) is 16.7 Å². The van der Waals surface area contributed by atoms with Crippen molar-refractivity contribution in [2.24, 2.45) is 0 Å².